The predicted molar refractivity (Wildman–Crippen MR) is 90.1 cm³/mol. The number of aryl methyl sites for hydroxylation is 1. The van der Waals surface area contributed by atoms with Gasteiger partial charge in [0, 0.05) is 19.6 Å². The zero-order chi connectivity index (χ0) is 15.4. The van der Waals surface area contributed by atoms with Crippen molar-refractivity contribution >= 4 is 0 Å². The maximum Gasteiger partial charge on any atom is 0.123 e. The summed E-state index contributed by atoms with van der Waals surface area (Å²) in [6, 6.07) is 6.56. The molecule has 0 N–H and O–H groups in total. The van der Waals surface area contributed by atoms with Crippen LogP contribution in [0.3, 0.4) is 0 Å². The third-order valence-electron chi connectivity index (χ3n) is 4.40. The molecule has 0 saturated carbocycles. The average molecular weight is 289 g/mol. The van der Waals surface area contributed by atoms with E-state index in [2.05, 4.69) is 57.7 Å². The van der Waals surface area contributed by atoms with Gasteiger partial charge in [0.2, 0.25) is 0 Å². The number of hydrogen-bond acceptors (Lipinski definition) is 2. The van der Waals surface area contributed by atoms with Crippen LogP contribution in [-0.2, 0) is 0 Å². The first-order valence-corrected chi connectivity index (χ1v) is 8.41. The molecule has 1 aliphatic rings. The lowest BCUT2D eigenvalue weighted by Crippen LogP contribution is -2.40. The highest BCUT2D eigenvalue weighted by molar-refractivity contribution is 5.39. The number of ether oxygens (including phenoxy) is 1. The van der Waals surface area contributed by atoms with Crippen molar-refractivity contribution in [1.82, 2.24) is 4.90 Å². The Hall–Kier alpha value is -1.02. The van der Waals surface area contributed by atoms with E-state index in [1.165, 1.54) is 30.6 Å². The highest BCUT2D eigenvalue weighted by atomic mass is 16.5. The van der Waals surface area contributed by atoms with Gasteiger partial charge in [-0.25, -0.2) is 0 Å². The van der Waals surface area contributed by atoms with Gasteiger partial charge in [0.25, 0.3) is 0 Å². The van der Waals surface area contributed by atoms with Crippen LogP contribution < -0.4 is 4.74 Å². The summed E-state index contributed by atoms with van der Waals surface area (Å²) in [6.45, 7) is 15.6. The molecule has 2 heteroatoms. The van der Waals surface area contributed by atoms with Crippen molar-refractivity contribution in [2.24, 2.45) is 11.8 Å². The molecule has 0 amide bonds. The molecular formula is C19H31NO. The van der Waals surface area contributed by atoms with E-state index in [1.807, 2.05) is 0 Å². The molecule has 21 heavy (non-hydrogen) atoms. The predicted octanol–water partition coefficient (Wildman–Crippen LogP) is 4.48. The lowest BCUT2D eigenvalue weighted by molar-refractivity contribution is 0.120. The SMILES string of the molecule is Cc1ccc(C(C)C)c(OCCN2C[C@H](C)C[C@@H](C)C2)c1. The first kappa shape index (κ1) is 16.4. The van der Waals surface area contributed by atoms with Gasteiger partial charge in [0.05, 0.1) is 0 Å². The largest absolute Gasteiger partial charge is 0.492 e. The van der Waals surface area contributed by atoms with Gasteiger partial charge >= 0.3 is 0 Å². The van der Waals surface area contributed by atoms with Gasteiger partial charge in [0.1, 0.15) is 12.4 Å². The lowest BCUT2D eigenvalue weighted by Gasteiger charge is -2.34. The topological polar surface area (TPSA) is 12.5 Å². The minimum atomic E-state index is 0.510. The minimum absolute atomic E-state index is 0.510. The Balaban J connectivity index is 1.90. The van der Waals surface area contributed by atoms with Gasteiger partial charge in [-0.15, -0.1) is 0 Å². The molecule has 0 aromatic heterocycles. The monoisotopic (exact) mass is 289 g/mol. The number of likely N-dealkylation sites (tertiary alicyclic amines) is 1. The Morgan fingerprint density at radius 2 is 1.86 bits per heavy atom. The minimum Gasteiger partial charge on any atom is -0.492 e. The Morgan fingerprint density at radius 3 is 2.48 bits per heavy atom. The Morgan fingerprint density at radius 1 is 1.19 bits per heavy atom. The van der Waals surface area contributed by atoms with Gasteiger partial charge in [-0.1, -0.05) is 39.8 Å². The van der Waals surface area contributed by atoms with Crippen molar-refractivity contribution in [3.05, 3.63) is 29.3 Å². The quantitative estimate of drug-likeness (QED) is 0.792. The maximum atomic E-state index is 6.11. The number of rotatable bonds is 5. The smallest absolute Gasteiger partial charge is 0.123 e. The van der Waals surface area contributed by atoms with E-state index in [4.69, 9.17) is 4.74 Å². The molecule has 1 aliphatic heterocycles. The van der Waals surface area contributed by atoms with Crippen molar-refractivity contribution in [1.29, 1.82) is 0 Å². The van der Waals surface area contributed by atoms with Gasteiger partial charge in [0.15, 0.2) is 0 Å². The second-order valence-electron chi connectivity index (χ2n) is 7.25. The van der Waals surface area contributed by atoms with E-state index in [1.54, 1.807) is 0 Å². The van der Waals surface area contributed by atoms with E-state index in [-0.39, 0.29) is 0 Å². The summed E-state index contributed by atoms with van der Waals surface area (Å²) >= 11 is 0. The molecule has 1 aromatic carbocycles. The van der Waals surface area contributed by atoms with Crippen molar-refractivity contribution in [3.63, 3.8) is 0 Å². The molecule has 0 spiro atoms. The highest BCUT2D eigenvalue weighted by Crippen LogP contribution is 2.27. The summed E-state index contributed by atoms with van der Waals surface area (Å²) in [5.41, 5.74) is 2.59. The zero-order valence-electron chi connectivity index (χ0n) is 14.4. The van der Waals surface area contributed by atoms with Gasteiger partial charge in [-0.05, 0) is 48.3 Å². The summed E-state index contributed by atoms with van der Waals surface area (Å²) in [5.74, 6) is 3.22. The summed E-state index contributed by atoms with van der Waals surface area (Å²) in [5, 5.41) is 0. The Kier molecular flexibility index (Phi) is 5.69. The van der Waals surface area contributed by atoms with Crippen molar-refractivity contribution in [3.8, 4) is 5.75 Å². The first-order valence-electron chi connectivity index (χ1n) is 8.41. The Bertz CT molecular complexity index is 445. The molecule has 0 unspecified atom stereocenters. The van der Waals surface area contributed by atoms with Crippen LogP contribution >= 0.6 is 0 Å². The van der Waals surface area contributed by atoms with Crippen molar-refractivity contribution in [2.75, 3.05) is 26.2 Å². The molecule has 1 fully saturated rings. The second kappa shape index (κ2) is 7.31. The number of hydrogen-bond donors (Lipinski definition) is 0. The van der Waals surface area contributed by atoms with Crippen molar-refractivity contribution in [2.45, 2.75) is 47.0 Å². The van der Waals surface area contributed by atoms with Crippen LogP contribution in [0.25, 0.3) is 0 Å². The zero-order valence-corrected chi connectivity index (χ0v) is 14.4. The molecular weight excluding hydrogens is 258 g/mol. The third-order valence-corrected chi connectivity index (χ3v) is 4.40. The lowest BCUT2D eigenvalue weighted by atomic mass is 9.92. The molecule has 1 heterocycles. The molecule has 0 radical (unpaired) electrons. The summed E-state index contributed by atoms with van der Waals surface area (Å²) in [7, 11) is 0. The van der Waals surface area contributed by atoms with E-state index < -0.39 is 0 Å². The maximum absolute atomic E-state index is 6.11. The molecule has 0 bridgehead atoms. The van der Waals surface area contributed by atoms with Crippen LogP contribution in [0.15, 0.2) is 18.2 Å². The van der Waals surface area contributed by atoms with Crippen LogP contribution in [0, 0.1) is 18.8 Å². The molecule has 2 nitrogen and oxygen atoms in total. The van der Waals surface area contributed by atoms with Crippen LogP contribution in [0.2, 0.25) is 0 Å². The van der Waals surface area contributed by atoms with Crippen molar-refractivity contribution < 1.29 is 4.74 Å². The summed E-state index contributed by atoms with van der Waals surface area (Å²) < 4.78 is 6.11. The fourth-order valence-electron chi connectivity index (χ4n) is 3.50. The van der Waals surface area contributed by atoms with E-state index in [0.717, 1.165) is 30.7 Å². The first-order chi connectivity index (χ1) is 9.95. The molecule has 1 aromatic rings. The second-order valence-corrected chi connectivity index (χ2v) is 7.25. The molecule has 1 saturated heterocycles. The third kappa shape index (κ3) is 4.74. The molecule has 2 atom stereocenters. The number of nitrogens with zero attached hydrogens (tertiary/aromatic N) is 1. The van der Waals surface area contributed by atoms with Gasteiger partial charge in [-0.3, -0.25) is 4.90 Å². The highest BCUT2D eigenvalue weighted by Gasteiger charge is 2.21. The Labute approximate surface area is 130 Å². The molecule has 0 aliphatic carbocycles. The summed E-state index contributed by atoms with van der Waals surface area (Å²) in [4.78, 5) is 2.56. The average Bonchev–Trinajstić information content (AvgIpc) is 2.37. The fraction of sp³-hybridized carbons (Fsp3) is 0.684. The van der Waals surface area contributed by atoms with Crippen LogP contribution in [0.4, 0.5) is 0 Å². The van der Waals surface area contributed by atoms with E-state index in [0.29, 0.717) is 5.92 Å². The normalized spacial score (nSPS) is 23.5. The molecule has 118 valence electrons. The number of piperidine rings is 1. The van der Waals surface area contributed by atoms with Crippen LogP contribution in [0.5, 0.6) is 5.75 Å². The van der Waals surface area contributed by atoms with E-state index in [9.17, 15) is 0 Å². The summed E-state index contributed by atoms with van der Waals surface area (Å²) in [6.07, 6.45) is 1.37. The van der Waals surface area contributed by atoms with Gasteiger partial charge < -0.3 is 4.74 Å². The number of benzene rings is 1. The fourth-order valence-corrected chi connectivity index (χ4v) is 3.50. The van der Waals surface area contributed by atoms with Crippen LogP contribution in [0.1, 0.15) is 51.2 Å². The van der Waals surface area contributed by atoms with E-state index >= 15 is 0 Å². The molecule has 2 rings (SSSR count). The standard InChI is InChI=1S/C19H31NO/c1-14(2)18-7-6-15(3)11-19(18)21-9-8-20-12-16(4)10-17(5)13-20/h6-7,11,14,16-17H,8-10,12-13H2,1-5H3/t16-,17-/m1/s1. The van der Waals surface area contributed by atoms with Gasteiger partial charge in [-0.2, -0.15) is 0 Å². The van der Waals surface area contributed by atoms with Crippen LogP contribution in [-0.4, -0.2) is 31.1 Å².